The molecule has 0 spiro atoms. The van der Waals surface area contributed by atoms with E-state index in [2.05, 4.69) is 5.32 Å². The molecule has 0 aromatic heterocycles. The van der Waals surface area contributed by atoms with Crippen molar-refractivity contribution in [2.45, 2.75) is 18.7 Å². The molecule has 0 aliphatic carbocycles. The number of anilines is 1. The Kier molecular flexibility index (Phi) is 7.88. The van der Waals surface area contributed by atoms with Gasteiger partial charge in [0.1, 0.15) is 0 Å². The molecule has 8 heteroatoms. The number of benzene rings is 1. The van der Waals surface area contributed by atoms with Crippen molar-refractivity contribution in [1.82, 2.24) is 4.31 Å². The molecule has 0 saturated carbocycles. The van der Waals surface area contributed by atoms with Gasteiger partial charge in [0, 0.05) is 24.5 Å². The van der Waals surface area contributed by atoms with Gasteiger partial charge in [-0.25, -0.2) is 8.42 Å². The van der Waals surface area contributed by atoms with E-state index in [0.717, 1.165) is 0 Å². The fraction of sp³-hybridized carbons (Fsp3) is 0.500. The highest BCUT2D eigenvalue weighted by Crippen LogP contribution is 2.18. The highest BCUT2D eigenvalue weighted by Gasteiger charge is 2.21. The predicted molar refractivity (Wildman–Crippen MR) is 89.6 cm³/mol. The van der Waals surface area contributed by atoms with Crippen LogP contribution in [0.4, 0.5) is 5.69 Å². The Morgan fingerprint density at radius 2 is 1.82 bits per heavy atom. The van der Waals surface area contributed by atoms with E-state index >= 15 is 0 Å². The summed E-state index contributed by atoms with van der Waals surface area (Å²) in [6, 6.07) is 6.13. The van der Waals surface area contributed by atoms with E-state index in [0.29, 0.717) is 24.5 Å². The van der Waals surface area contributed by atoms with Crippen LogP contribution in [0.1, 0.15) is 13.8 Å². The van der Waals surface area contributed by atoms with E-state index in [4.69, 9.17) is 5.11 Å². The molecule has 0 bridgehead atoms. The summed E-state index contributed by atoms with van der Waals surface area (Å²) < 4.78 is 26.0. The van der Waals surface area contributed by atoms with E-state index in [-0.39, 0.29) is 23.2 Å². The summed E-state index contributed by atoms with van der Waals surface area (Å²) >= 11 is 1.33. The third kappa shape index (κ3) is 5.28. The van der Waals surface area contributed by atoms with Crippen LogP contribution in [0.25, 0.3) is 0 Å². The number of aliphatic hydroxyl groups excluding tert-OH is 1. The summed E-state index contributed by atoms with van der Waals surface area (Å²) in [7, 11) is -3.48. The highest BCUT2D eigenvalue weighted by atomic mass is 32.2. The van der Waals surface area contributed by atoms with Gasteiger partial charge in [0.15, 0.2) is 0 Å². The van der Waals surface area contributed by atoms with Crippen LogP contribution in [0.15, 0.2) is 29.2 Å². The Hall–Kier alpha value is -1.09. The molecule has 1 amide bonds. The molecule has 1 rings (SSSR count). The molecule has 0 radical (unpaired) electrons. The Balaban J connectivity index is 2.72. The molecular weight excluding hydrogens is 324 g/mol. The fourth-order valence-electron chi connectivity index (χ4n) is 1.85. The maximum atomic E-state index is 12.3. The van der Waals surface area contributed by atoms with Gasteiger partial charge in [-0.05, 0) is 24.3 Å². The Morgan fingerprint density at radius 3 is 2.32 bits per heavy atom. The second-order valence-electron chi connectivity index (χ2n) is 4.44. The van der Waals surface area contributed by atoms with Gasteiger partial charge in [0.25, 0.3) is 0 Å². The van der Waals surface area contributed by atoms with Crippen molar-refractivity contribution in [2.75, 3.05) is 36.5 Å². The zero-order valence-electron chi connectivity index (χ0n) is 12.8. The van der Waals surface area contributed by atoms with Crippen molar-refractivity contribution in [3.8, 4) is 0 Å². The summed E-state index contributed by atoms with van der Waals surface area (Å²) in [5.74, 6) is 0.576. The molecule has 0 aliphatic rings. The lowest BCUT2D eigenvalue weighted by molar-refractivity contribution is -0.113. The third-order valence-corrected chi connectivity index (χ3v) is 5.95. The number of rotatable bonds is 9. The minimum atomic E-state index is -3.48. The average molecular weight is 346 g/mol. The van der Waals surface area contributed by atoms with Crippen molar-refractivity contribution in [3.63, 3.8) is 0 Å². The van der Waals surface area contributed by atoms with Crippen LogP contribution >= 0.6 is 11.8 Å². The van der Waals surface area contributed by atoms with E-state index in [1.165, 1.54) is 28.2 Å². The molecule has 0 heterocycles. The third-order valence-electron chi connectivity index (χ3n) is 2.95. The van der Waals surface area contributed by atoms with Gasteiger partial charge in [-0.15, -0.1) is 11.8 Å². The molecule has 6 nitrogen and oxygen atoms in total. The monoisotopic (exact) mass is 346 g/mol. The van der Waals surface area contributed by atoms with Crippen LogP contribution in [-0.4, -0.2) is 54.9 Å². The van der Waals surface area contributed by atoms with Crippen LogP contribution in [0.5, 0.6) is 0 Å². The molecule has 0 aliphatic heterocycles. The number of hydrogen-bond donors (Lipinski definition) is 2. The van der Waals surface area contributed by atoms with Gasteiger partial charge in [0.05, 0.1) is 17.3 Å². The first kappa shape index (κ1) is 19.0. The first-order valence-corrected chi connectivity index (χ1v) is 9.63. The lowest BCUT2D eigenvalue weighted by Gasteiger charge is -2.18. The van der Waals surface area contributed by atoms with Crippen molar-refractivity contribution >= 4 is 33.4 Å². The summed E-state index contributed by atoms with van der Waals surface area (Å²) in [5.41, 5.74) is 0.549. The molecule has 0 saturated heterocycles. The number of nitrogens with zero attached hydrogens (tertiary/aromatic N) is 1. The number of carbonyl (C=O) groups excluding carboxylic acids is 1. The van der Waals surface area contributed by atoms with Gasteiger partial charge in [-0.1, -0.05) is 13.8 Å². The molecule has 0 fully saturated rings. The summed E-state index contributed by atoms with van der Waals surface area (Å²) in [6.45, 7) is 4.45. The number of thioether (sulfide) groups is 1. The van der Waals surface area contributed by atoms with Crippen molar-refractivity contribution < 1.29 is 18.3 Å². The smallest absolute Gasteiger partial charge is 0.243 e. The van der Waals surface area contributed by atoms with Crippen molar-refractivity contribution in [3.05, 3.63) is 24.3 Å². The lowest BCUT2D eigenvalue weighted by atomic mass is 10.3. The number of hydrogen-bond acceptors (Lipinski definition) is 5. The topological polar surface area (TPSA) is 86.7 Å². The van der Waals surface area contributed by atoms with Crippen LogP contribution in [0, 0.1) is 0 Å². The quantitative estimate of drug-likeness (QED) is 0.660. The predicted octanol–water partition coefficient (Wildman–Crippen LogP) is 1.38. The van der Waals surface area contributed by atoms with Crippen LogP contribution in [0.2, 0.25) is 0 Å². The largest absolute Gasteiger partial charge is 0.396 e. The first-order valence-electron chi connectivity index (χ1n) is 7.04. The normalized spacial score (nSPS) is 11.6. The number of nitrogens with one attached hydrogen (secondary N) is 1. The number of carbonyl (C=O) groups is 1. The molecule has 2 N–H and O–H groups in total. The number of aliphatic hydroxyl groups is 1. The molecule has 22 heavy (non-hydrogen) atoms. The van der Waals surface area contributed by atoms with Gasteiger partial charge >= 0.3 is 0 Å². The second kappa shape index (κ2) is 9.14. The molecule has 124 valence electrons. The summed E-state index contributed by atoms with van der Waals surface area (Å²) in [5, 5.41) is 11.3. The van der Waals surface area contributed by atoms with Crippen molar-refractivity contribution in [1.29, 1.82) is 0 Å². The van der Waals surface area contributed by atoms with Gasteiger partial charge < -0.3 is 10.4 Å². The molecule has 1 aromatic carbocycles. The van der Waals surface area contributed by atoms with Crippen LogP contribution in [-0.2, 0) is 14.8 Å². The second-order valence-corrected chi connectivity index (χ2v) is 7.48. The number of amides is 1. The van der Waals surface area contributed by atoms with E-state index in [9.17, 15) is 13.2 Å². The molecule has 0 atom stereocenters. The fourth-order valence-corrected chi connectivity index (χ4v) is 3.84. The Labute approximate surface area is 136 Å². The van der Waals surface area contributed by atoms with Gasteiger partial charge in [-0.2, -0.15) is 4.31 Å². The Morgan fingerprint density at radius 1 is 1.23 bits per heavy atom. The molecule has 1 aromatic rings. The van der Waals surface area contributed by atoms with Crippen LogP contribution < -0.4 is 5.32 Å². The molecular formula is C14H22N2O4S2. The molecule has 0 unspecified atom stereocenters. The van der Waals surface area contributed by atoms with Crippen molar-refractivity contribution in [2.24, 2.45) is 0 Å². The minimum absolute atomic E-state index is 0.0376. The zero-order valence-corrected chi connectivity index (χ0v) is 14.4. The van der Waals surface area contributed by atoms with E-state index < -0.39 is 10.0 Å². The zero-order chi connectivity index (χ0) is 16.6. The first-order chi connectivity index (χ1) is 10.5. The average Bonchev–Trinajstić information content (AvgIpc) is 2.49. The van der Waals surface area contributed by atoms with Gasteiger partial charge in [-0.3, -0.25) is 4.79 Å². The maximum absolute atomic E-state index is 12.3. The summed E-state index contributed by atoms with van der Waals surface area (Å²) in [4.78, 5) is 11.8. The standard InChI is InChI=1S/C14H22N2O4S2/c1-3-16(4-2)22(19,20)13-7-5-12(6-8-13)15-14(18)11-21-10-9-17/h5-8,17H,3-4,9-11H2,1-2H3,(H,15,18). The summed E-state index contributed by atoms with van der Waals surface area (Å²) in [6.07, 6.45) is 0. The minimum Gasteiger partial charge on any atom is -0.396 e. The van der Waals surface area contributed by atoms with E-state index in [1.807, 2.05) is 0 Å². The van der Waals surface area contributed by atoms with Gasteiger partial charge in [0.2, 0.25) is 15.9 Å². The van der Waals surface area contributed by atoms with Crippen LogP contribution in [0.3, 0.4) is 0 Å². The SMILES string of the molecule is CCN(CC)S(=O)(=O)c1ccc(NC(=O)CSCCO)cc1. The maximum Gasteiger partial charge on any atom is 0.243 e. The Bertz CT molecular complexity index is 569. The highest BCUT2D eigenvalue weighted by molar-refractivity contribution is 7.99. The lowest BCUT2D eigenvalue weighted by Crippen LogP contribution is -2.30. The number of sulfonamides is 1. The van der Waals surface area contributed by atoms with E-state index in [1.54, 1.807) is 26.0 Å².